The van der Waals surface area contributed by atoms with Crippen LogP contribution in [0.15, 0.2) is 29.3 Å². The van der Waals surface area contributed by atoms with Gasteiger partial charge in [-0.15, -0.1) is 0 Å². The molecule has 1 aliphatic rings. The first-order valence-corrected chi connectivity index (χ1v) is 4.53. The average Bonchev–Trinajstić information content (AvgIpc) is 2.26. The molecule has 0 amide bonds. The number of aliphatic imine (C=N–C) groups is 1. The Labute approximate surface area is 82.2 Å². The van der Waals surface area contributed by atoms with Crippen molar-refractivity contribution in [2.24, 2.45) is 4.99 Å². The van der Waals surface area contributed by atoms with Crippen molar-refractivity contribution in [2.45, 2.75) is 0 Å². The molecule has 74 valence electrons. The number of hydrogen-bond donors (Lipinski definition) is 2. The van der Waals surface area contributed by atoms with Crippen LogP contribution in [-0.2, 0) is 0 Å². The summed E-state index contributed by atoms with van der Waals surface area (Å²) in [7, 11) is 0. The minimum Gasteiger partial charge on any atom is -0.484 e. The van der Waals surface area contributed by atoms with Crippen molar-refractivity contribution in [3.8, 4) is 5.75 Å². The van der Waals surface area contributed by atoms with Gasteiger partial charge in [0, 0.05) is 0 Å². The van der Waals surface area contributed by atoms with Crippen LogP contribution in [0.4, 0.5) is 5.69 Å². The van der Waals surface area contributed by atoms with Gasteiger partial charge < -0.3 is 15.2 Å². The molecule has 0 aromatic heterocycles. The summed E-state index contributed by atoms with van der Waals surface area (Å²) in [5, 5.41) is 11.8. The molecule has 1 aliphatic heterocycles. The van der Waals surface area contributed by atoms with E-state index in [-0.39, 0.29) is 6.61 Å². The first-order valence-electron chi connectivity index (χ1n) is 4.53. The number of ether oxygens (including phenoxy) is 1. The van der Waals surface area contributed by atoms with Crippen molar-refractivity contribution < 1.29 is 9.84 Å². The molecule has 0 saturated heterocycles. The highest BCUT2D eigenvalue weighted by atomic mass is 16.5. The molecular formula is C10H12N2O2. The lowest BCUT2D eigenvalue weighted by Crippen LogP contribution is -2.26. The van der Waals surface area contributed by atoms with Crippen LogP contribution in [0.1, 0.15) is 0 Å². The smallest absolute Gasteiger partial charge is 0.146 e. The second-order valence-corrected chi connectivity index (χ2v) is 2.96. The van der Waals surface area contributed by atoms with Crippen molar-refractivity contribution in [3.63, 3.8) is 0 Å². The minimum absolute atomic E-state index is 0.0623. The number of benzene rings is 1. The number of anilines is 1. The van der Waals surface area contributed by atoms with Crippen molar-refractivity contribution in [1.82, 2.24) is 0 Å². The Morgan fingerprint density at radius 2 is 2.29 bits per heavy atom. The van der Waals surface area contributed by atoms with E-state index in [1.54, 1.807) is 0 Å². The Balaban J connectivity index is 2.13. The van der Waals surface area contributed by atoms with Gasteiger partial charge in [0.1, 0.15) is 18.2 Å². The van der Waals surface area contributed by atoms with Crippen LogP contribution in [0.3, 0.4) is 0 Å². The monoisotopic (exact) mass is 192 g/mol. The molecule has 4 nitrogen and oxygen atoms in total. The van der Waals surface area contributed by atoms with E-state index in [1.807, 2.05) is 24.3 Å². The van der Waals surface area contributed by atoms with Gasteiger partial charge in [-0.3, -0.25) is 4.99 Å². The number of aliphatic hydroxyl groups is 1. The third-order valence-corrected chi connectivity index (χ3v) is 1.93. The normalized spacial score (nSPS) is 17.1. The highest BCUT2D eigenvalue weighted by molar-refractivity contribution is 5.99. The quantitative estimate of drug-likeness (QED) is 0.731. The summed E-state index contributed by atoms with van der Waals surface area (Å²) in [4.78, 5) is 4.13. The Bertz CT molecular complexity index is 350. The molecule has 1 aromatic carbocycles. The molecule has 0 aliphatic carbocycles. The summed E-state index contributed by atoms with van der Waals surface area (Å²) in [5.74, 6) is 1.60. The maximum absolute atomic E-state index is 8.62. The summed E-state index contributed by atoms with van der Waals surface area (Å²) in [6.07, 6.45) is 0. The molecule has 0 fully saturated rings. The Kier molecular flexibility index (Phi) is 2.65. The number of nitrogens with one attached hydrogen (secondary N) is 1. The van der Waals surface area contributed by atoms with E-state index in [0.717, 1.165) is 17.3 Å². The van der Waals surface area contributed by atoms with Crippen LogP contribution in [-0.4, -0.2) is 30.7 Å². The predicted octanol–water partition coefficient (Wildman–Crippen LogP) is 0.882. The predicted molar refractivity (Wildman–Crippen MR) is 54.9 cm³/mol. The standard InChI is InChI=1S/C10H12N2O2/c13-6-5-11-10-7-14-9-4-2-1-3-8(9)12-10/h1-4,13H,5-7H2,(H,11,12). The van der Waals surface area contributed by atoms with Crippen LogP contribution < -0.4 is 10.1 Å². The van der Waals surface area contributed by atoms with Crippen molar-refractivity contribution in [3.05, 3.63) is 24.3 Å². The molecular weight excluding hydrogens is 180 g/mol. The molecule has 2 rings (SSSR count). The van der Waals surface area contributed by atoms with Crippen molar-refractivity contribution in [2.75, 3.05) is 25.1 Å². The number of para-hydroxylation sites is 2. The Hall–Kier alpha value is -1.55. The number of hydrogen-bond acceptors (Lipinski definition) is 3. The van der Waals surface area contributed by atoms with Gasteiger partial charge in [0.15, 0.2) is 0 Å². The van der Waals surface area contributed by atoms with E-state index >= 15 is 0 Å². The first-order chi connectivity index (χ1) is 6.90. The topological polar surface area (TPSA) is 53.9 Å². The first kappa shape index (κ1) is 9.02. The van der Waals surface area contributed by atoms with Gasteiger partial charge in [-0.25, -0.2) is 0 Å². The molecule has 1 heterocycles. The average molecular weight is 192 g/mol. The van der Waals surface area contributed by atoms with E-state index in [0.29, 0.717) is 13.2 Å². The molecule has 4 heteroatoms. The maximum Gasteiger partial charge on any atom is 0.146 e. The number of fused-ring (bicyclic) bond motifs is 1. The fourth-order valence-electron chi connectivity index (χ4n) is 1.30. The summed E-state index contributed by atoms with van der Waals surface area (Å²) in [6, 6.07) is 7.70. The van der Waals surface area contributed by atoms with E-state index in [1.165, 1.54) is 0 Å². The Morgan fingerprint density at radius 3 is 3.14 bits per heavy atom. The summed E-state index contributed by atoms with van der Waals surface area (Å²) in [6.45, 7) is 0.914. The van der Waals surface area contributed by atoms with Crippen LogP contribution in [0.2, 0.25) is 0 Å². The molecule has 0 saturated carbocycles. The highest BCUT2D eigenvalue weighted by Crippen LogP contribution is 2.26. The molecule has 14 heavy (non-hydrogen) atoms. The third-order valence-electron chi connectivity index (χ3n) is 1.93. The Morgan fingerprint density at radius 1 is 1.43 bits per heavy atom. The number of aliphatic hydroxyl groups excluding tert-OH is 1. The van der Waals surface area contributed by atoms with Gasteiger partial charge in [-0.1, -0.05) is 12.1 Å². The van der Waals surface area contributed by atoms with Crippen molar-refractivity contribution >= 4 is 11.5 Å². The molecule has 0 atom stereocenters. The highest BCUT2D eigenvalue weighted by Gasteiger charge is 2.12. The molecule has 1 aromatic rings. The molecule has 0 spiro atoms. The minimum atomic E-state index is 0.0623. The molecule has 0 unspecified atom stereocenters. The van der Waals surface area contributed by atoms with Gasteiger partial charge >= 0.3 is 0 Å². The third kappa shape index (κ3) is 1.85. The molecule has 2 N–H and O–H groups in total. The molecule has 0 radical (unpaired) electrons. The van der Waals surface area contributed by atoms with E-state index in [2.05, 4.69) is 10.3 Å². The largest absolute Gasteiger partial charge is 0.484 e. The van der Waals surface area contributed by atoms with Crippen LogP contribution in [0, 0.1) is 0 Å². The van der Waals surface area contributed by atoms with Gasteiger partial charge in [-0.2, -0.15) is 0 Å². The number of rotatable bonds is 2. The zero-order valence-corrected chi connectivity index (χ0v) is 7.73. The van der Waals surface area contributed by atoms with Gasteiger partial charge in [-0.05, 0) is 12.1 Å². The summed E-state index contributed by atoms with van der Waals surface area (Å²) >= 11 is 0. The van der Waals surface area contributed by atoms with Crippen LogP contribution in [0.25, 0.3) is 0 Å². The lowest BCUT2D eigenvalue weighted by molar-refractivity contribution is 0.306. The molecule has 0 bridgehead atoms. The van der Waals surface area contributed by atoms with Gasteiger partial charge in [0.2, 0.25) is 0 Å². The van der Waals surface area contributed by atoms with Crippen LogP contribution in [0.5, 0.6) is 5.75 Å². The SMILES string of the molecule is OCCN=C1COc2ccccc2N1. The van der Waals surface area contributed by atoms with E-state index in [9.17, 15) is 0 Å². The lowest BCUT2D eigenvalue weighted by Gasteiger charge is -2.20. The zero-order valence-electron chi connectivity index (χ0n) is 7.73. The number of amidine groups is 1. The zero-order chi connectivity index (χ0) is 9.80. The number of nitrogens with zero attached hydrogens (tertiary/aromatic N) is 1. The summed E-state index contributed by atoms with van der Waals surface area (Å²) in [5.41, 5.74) is 0.926. The second-order valence-electron chi connectivity index (χ2n) is 2.96. The van der Waals surface area contributed by atoms with Gasteiger partial charge in [0.25, 0.3) is 0 Å². The lowest BCUT2D eigenvalue weighted by atomic mass is 10.2. The second kappa shape index (κ2) is 4.11. The van der Waals surface area contributed by atoms with Crippen molar-refractivity contribution in [1.29, 1.82) is 0 Å². The van der Waals surface area contributed by atoms with Gasteiger partial charge in [0.05, 0.1) is 18.8 Å². The maximum atomic E-state index is 8.62. The van der Waals surface area contributed by atoms with E-state index < -0.39 is 0 Å². The van der Waals surface area contributed by atoms with E-state index in [4.69, 9.17) is 9.84 Å². The fourth-order valence-corrected chi connectivity index (χ4v) is 1.30. The van der Waals surface area contributed by atoms with Crippen LogP contribution >= 0.6 is 0 Å². The fraction of sp³-hybridized carbons (Fsp3) is 0.300. The summed E-state index contributed by atoms with van der Waals surface area (Å²) < 4.78 is 5.46.